The highest BCUT2D eigenvalue weighted by molar-refractivity contribution is 5.94. The number of nitrogens with zero attached hydrogens (tertiary/aromatic N) is 2. The fourth-order valence-corrected chi connectivity index (χ4v) is 5.47. The van der Waals surface area contributed by atoms with Crippen LogP contribution >= 0.6 is 0 Å². The number of carbonyl (C=O) groups is 1. The Balaban J connectivity index is 1.23. The van der Waals surface area contributed by atoms with Gasteiger partial charge < -0.3 is 14.9 Å². The molecule has 0 spiro atoms. The van der Waals surface area contributed by atoms with Gasteiger partial charge in [0, 0.05) is 32.6 Å². The van der Waals surface area contributed by atoms with Crippen LogP contribution in [0.1, 0.15) is 60.8 Å². The standard InChI is InChI=1S/C29H34N2O2/c32-25-15-20-31(21-16-25)28(33)10-5-17-30-18-13-24(14-19-30)29-26-8-3-1-6-22(26)11-12-23-7-2-4-9-27(23)29/h1-4,6-9,11-12,25,32H,5,10,13-21H2. The Morgan fingerprint density at radius 3 is 2.03 bits per heavy atom. The molecule has 4 nitrogen and oxygen atoms in total. The van der Waals surface area contributed by atoms with Gasteiger partial charge in [-0.2, -0.15) is 0 Å². The summed E-state index contributed by atoms with van der Waals surface area (Å²) in [5.74, 6) is 0.251. The third-order valence-electron chi connectivity index (χ3n) is 7.40. The molecule has 0 aromatic heterocycles. The maximum atomic E-state index is 12.5. The van der Waals surface area contributed by atoms with E-state index in [4.69, 9.17) is 0 Å². The van der Waals surface area contributed by atoms with Gasteiger partial charge in [0.15, 0.2) is 0 Å². The molecule has 0 atom stereocenters. The zero-order chi connectivity index (χ0) is 22.6. The second-order valence-corrected chi connectivity index (χ2v) is 9.54. The lowest BCUT2D eigenvalue weighted by molar-refractivity contribution is -0.133. The van der Waals surface area contributed by atoms with Crippen molar-refractivity contribution in [2.75, 3.05) is 32.7 Å². The van der Waals surface area contributed by atoms with Crippen LogP contribution in [0.25, 0.3) is 17.7 Å². The first-order valence-corrected chi connectivity index (χ1v) is 12.5. The van der Waals surface area contributed by atoms with Crippen molar-refractivity contribution in [3.05, 3.63) is 76.4 Å². The monoisotopic (exact) mass is 442 g/mol. The lowest BCUT2D eigenvalue weighted by Gasteiger charge is -2.31. The van der Waals surface area contributed by atoms with Crippen LogP contribution < -0.4 is 0 Å². The number of rotatable bonds is 4. The molecule has 2 aliphatic heterocycles. The van der Waals surface area contributed by atoms with Crippen LogP contribution in [-0.2, 0) is 4.79 Å². The van der Waals surface area contributed by atoms with Crippen molar-refractivity contribution in [3.63, 3.8) is 0 Å². The van der Waals surface area contributed by atoms with Crippen molar-refractivity contribution >= 4 is 23.6 Å². The molecule has 0 radical (unpaired) electrons. The van der Waals surface area contributed by atoms with E-state index in [2.05, 4.69) is 65.6 Å². The van der Waals surface area contributed by atoms with E-state index < -0.39 is 0 Å². The average Bonchev–Trinajstić information content (AvgIpc) is 3.02. The van der Waals surface area contributed by atoms with Gasteiger partial charge >= 0.3 is 0 Å². The number of hydrogen-bond acceptors (Lipinski definition) is 3. The van der Waals surface area contributed by atoms with Crippen LogP contribution in [0.2, 0.25) is 0 Å². The van der Waals surface area contributed by atoms with Crippen LogP contribution in [0.3, 0.4) is 0 Å². The molecule has 4 heteroatoms. The van der Waals surface area contributed by atoms with E-state index >= 15 is 0 Å². The molecule has 0 saturated carbocycles. The Morgan fingerprint density at radius 2 is 1.42 bits per heavy atom. The number of aliphatic hydroxyl groups is 1. The first kappa shape index (κ1) is 22.1. The predicted molar refractivity (Wildman–Crippen MR) is 135 cm³/mol. The molecule has 0 bridgehead atoms. The summed E-state index contributed by atoms with van der Waals surface area (Å²) >= 11 is 0. The van der Waals surface area contributed by atoms with E-state index in [-0.39, 0.29) is 12.0 Å². The number of carbonyl (C=O) groups excluding carboxylic acids is 1. The van der Waals surface area contributed by atoms with E-state index in [1.54, 1.807) is 5.57 Å². The lowest BCUT2D eigenvalue weighted by Crippen LogP contribution is -2.40. The topological polar surface area (TPSA) is 43.8 Å². The third-order valence-corrected chi connectivity index (χ3v) is 7.40. The molecular weight excluding hydrogens is 408 g/mol. The molecule has 1 amide bonds. The van der Waals surface area contributed by atoms with E-state index in [9.17, 15) is 9.90 Å². The van der Waals surface area contributed by atoms with E-state index in [1.165, 1.54) is 27.8 Å². The third kappa shape index (κ3) is 4.97. The van der Waals surface area contributed by atoms with E-state index in [0.29, 0.717) is 19.5 Å². The number of hydrogen-bond donors (Lipinski definition) is 1. The summed E-state index contributed by atoms with van der Waals surface area (Å²) in [5, 5.41) is 9.64. The molecule has 2 fully saturated rings. The average molecular weight is 443 g/mol. The maximum Gasteiger partial charge on any atom is 0.222 e. The van der Waals surface area contributed by atoms with Crippen LogP contribution in [0.15, 0.2) is 54.1 Å². The summed E-state index contributed by atoms with van der Waals surface area (Å²) < 4.78 is 0. The number of fused-ring (bicyclic) bond motifs is 2. The normalized spacial score (nSPS) is 19.2. The van der Waals surface area contributed by atoms with Crippen LogP contribution in [0.4, 0.5) is 0 Å². The molecule has 1 N–H and O–H groups in total. The minimum atomic E-state index is -0.228. The van der Waals surface area contributed by atoms with Gasteiger partial charge in [-0.25, -0.2) is 0 Å². The van der Waals surface area contributed by atoms with Crippen LogP contribution in [0, 0.1) is 0 Å². The highest BCUT2D eigenvalue weighted by atomic mass is 16.3. The second kappa shape index (κ2) is 10.1. The Hall–Kier alpha value is -2.69. The highest BCUT2D eigenvalue weighted by Gasteiger charge is 2.24. The number of amides is 1. The van der Waals surface area contributed by atoms with Gasteiger partial charge in [-0.15, -0.1) is 0 Å². The fourth-order valence-electron chi connectivity index (χ4n) is 5.47. The number of aliphatic hydroxyl groups excluding tert-OH is 1. The summed E-state index contributed by atoms with van der Waals surface area (Å²) in [6, 6.07) is 17.5. The smallest absolute Gasteiger partial charge is 0.222 e. The molecule has 5 rings (SSSR count). The molecule has 1 aliphatic carbocycles. The van der Waals surface area contributed by atoms with Crippen LogP contribution in [-0.4, -0.2) is 59.6 Å². The molecule has 2 saturated heterocycles. The first-order chi connectivity index (χ1) is 16.2. The van der Waals surface area contributed by atoms with Crippen molar-refractivity contribution in [2.24, 2.45) is 0 Å². The van der Waals surface area contributed by atoms with Crippen molar-refractivity contribution in [3.8, 4) is 0 Å². The van der Waals surface area contributed by atoms with Gasteiger partial charge in [0.25, 0.3) is 0 Å². The largest absolute Gasteiger partial charge is 0.393 e. The van der Waals surface area contributed by atoms with Crippen molar-refractivity contribution < 1.29 is 9.90 Å². The molecular formula is C29H34N2O2. The molecule has 0 unspecified atom stereocenters. The molecule has 172 valence electrons. The van der Waals surface area contributed by atoms with Gasteiger partial charge in [0.05, 0.1) is 6.10 Å². The fraction of sp³-hybridized carbons (Fsp3) is 0.414. The Labute approximate surface area is 197 Å². The van der Waals surface area contributed by atoms with E-state index in [1.807, 2.05) is 4.90 Å². The molecule has 3 aliphatic rings. The molecule has 2 aromatic carbocycles. The Kier molecular flexibility index (Phi) is 6.75. The number of likely N-dealkylation sites (tertiary alicyclic amines) is 2. The molecule has 2 aromatic rings. The van der Waals surface area contributed by atoms with Crippen molar-refractivity contribution in [1.29, 1.82) is 0 Å². The summed E-state index contributed by atoms with van der Waals surface area (Å²) in [4.78, 5) is 16.9. The predicted octanol–water partition coefficient (Wildman–Crippen LogP) is 4.83. The summed E-state index contributed by atoms with van der Waals surface area (Å²) in [6.07, 6.45) is 9.40. The van der Waals surface area contributed by atoms with Crippen LogP contribution in [0.5, 0.6) is 0 Å². The highest BCUT2D eigenvalue weighted by Crippen LogP contribution is 2.38. The van der Waals surface area contributed by atoms with Crippen molar-refractivity contribution in [1.82, 2.24) is 9.80 Å². The molecule has 33 heavy (non-hydrogen) atoms. The van der Waals surface area contributed by atoms with E-state index in [0.717, 1.165) is 51.7 Å². The Bertz CT molecular complexity index is 1000. The Morgan fingerprint density at radius 1 is 0.848 bits per heavy atom. The quantitative estimate of drug-likeness (QED) is 0.629. The minimum absolute atomic E-state index is 0.228. The van der Waals surface area contributed by atoms with Gasteiger partial charge in [0.1, 0.15) is 0 Å². The number of piperidine rings is 2. The SMILES string of the molecule is O=C(CCCN1CCC(=C2c3ccccc3C=Cc3ccccc32)CC1)N1CCC(O)CC1. The summed E-state index contributed by atoms with van der Waals surface area (Å²) in [5.41, 5.74) is 8.26. The zero-order valence-corrected chi connectivity index (χ0v) is 19.4. The van der Waals surface area contributed by atoms with Gasteiger partial charge in [-0.05, 0) is 66.5 Å². The summed E-state index contributed by atoms with van der Waals surface area (Å²) in [6.45, 7) is 4.51. The zero-order valence-electron chi connectivity index (χ0n) is 19.4. The first-order valence-electron chi connectivity index (χ1n) is 12.5. The minimum Gasteiger partial charge on any atom is -0.393 e. The van der Waals surface area contributed by atoms with Gasteiger partial charge in [-0.3, -0.25) is 4.79 Å². The molecule has 2 heterocycles. The van der Waals surface area contributed by atoms with Gasteiger partial charge in [-0.1, -0.05) is 66.3 Å². The van der Waals surface area contributed by atoms with Crippen molar-refractivity contribution in [2.45, 2.75) is 44.6 Å². The summed E-state index contributed by atoms with van der Waals surface area (Å²) in [7, 11) is 0. The lowest BCUT2D eigenvalue weighted by atomic mass is 9.86. The maximum absolute atomic E-state index is 12.5. The second-order valence-electron chi connectivity index (χ2n) is 9.54. The van der Waals surface area contributed by atoms with Gasteiger partial charge in [0.2, 0.25) is 5.91 Å². The number of benzene rings is 2.